The number of nitrogens with zero attached hydrogens (tertiary/aromatic N) is 1. The summed E-state index contributed by atoms with van der Waals surface area (Å²) < 4.78 is 6.69. The van der Waals surface area contributed by atoms with Crippen LogP contribution in [0.25, 0.3) is 10.9 Å². The fraction of sp³-hybridized carbons (Fsp3) is 0.286. The van der Waals surface area contributed by atoms with Crippen LogP contribution in [0.3, 0.4) is 0 Å². The summed E-state index contributed by atoms with van der Waals surface area (Å²) in [5.41, 5.74) is 1.00. The number of aromatic nitrogens is 1. The molecule has 0 spiro atoms. The highest BCUT2D eigenvalue weighted by Gasteiger charge is 2.05. The Kier molecular flexibility index (Phi) is 4.73. The molecule has 1 aromatic carbocycles. The quantitative estimate of drug-likeness (QED) is 0.735. The van der Waals surface area contributed by atoms with E-state index in [4.69, 9.17) is 9.84 Å². The van der Waals surface area contributed by atoms with E-state index in [1.54, 1.807) is 0 Å². The molecule has 0 radical (unpaired) electrons. The summed E-state index contributed by atoms with van der Waals surface area (Å²) in [6, 6.07) is 9.78. The van der Waals surface area contributed by atoms with Crippen molar-refractivity contribution in [2.75, 3.05) is 19.8 Å². The summed E-state index contributed by atoms with van der Waals surface area (Å²) >= 11 is 0. The highest BCUT2D eigenvalue weighted by molar-refractivity contribution is 5.83. The first kappa shape index (κ1) is 14.1. The number of aliphatic carboxylic acids is 1. The molecular formula is C14H16N2O4. The molecule has 0 aliphatic heterocycles. The SMILES string of the molecule is O=C(O)COCCNC(=O)Cn1ccc2ccccc21. The number of fused-ring (bicyclic) bond motifs is 1. The molecular weight excluding hydrogens is 260 g/mol. The number of hydrogen-bond acceptors (Lipinski definition) is 3. The number of carboxylic acids is 1. The van der Waals surface area contributed by atoms with E-state index in [0.717, 1.165) is 10.9 Å². The molecule has 1 aromatic heterocycles. The van der Waals surface area contributed by atoms with Gasteiger partial charge in [-0.3, -0.25) is 4.79 Å². The number of amides is 1. The van der Waals surface area contributed by atoms with Crippen LogP contribution < -0.4 is 5.32 Å². The Balaban J connectivity index is 1.78. The fourth-order valence-electron chi connectivity index (χ4n) is 1.91. The van der Waals surface area contributed by atoms with Crippen molar-refractivity contribution in [3.63, 3.8) is 0 Å². The predicted molar refractivity (Wildman–Crippen MR) is 73.4 cm³/mol. The monoisotopic (exact) mass is 276 g/mol. The van der Waals surface area contributed by atoms with Gasteiger partial charge in [-0.15, -0.1) is 0 Å². The number of carboxylic acid groups (broad SMARTS) is 1. The average Bonchev–Trinajstić information content (AvgIpc) is 2.81. The van der Waals surface area contributed by atoms with Gasteiger partial charge in [0.2, 0.25) is 5.91 Å². The number of carbonyl (C=O) groups is 2. The maximum absolute atomic E-state index is 11.7. The molecule has 0 aliphatic carbocycles. The van der Waals surface area contributed by atoms with Gasteiger partial charge in [-0.2, -0.15) is 0 Å². The Morgan fingerprint density at radius 2 is 2.05 bits per heavy atom. The molecule has 1 heterocycles. The van der Waals surface area contributed by atoms with Crippen LogP contribution in [0.2, 0.25) is 0 Å². The zero-order chi connectivity index (χ0) is 14.4. The van der Waals surface area contributed by atoms with Gasteiger partial charge in [0.15, 0.2) is 0 Å². The number of rotatable bonds is 7. The van der Waals surface area contributed by atoms with Crippen LogP contribution in [0.4, 0.5) is 0 Å². The second-order valence-corrected chi connectivity index (χ2v) is 4.30. The number of nitrogens with one attached hydrogen (secondary N) is 1. The molecule has 0 saturated carbocycles. The van der Waals surface area contributed by atoms with Gasteiger partial charge in [0, 0.05) is 18.3 Å². The van der Waals surface area contributed by atoms with Crippen LogP contribution in [-0.2, 0) is 20.9 Å². The van der Waals surface area contributed by atoms with Gasteiger partial charge in [0.05, 0.1) is 6.61 Å². The average molecular weight is 276 g/mol. The molecule has 2 rings (SSSR count). The maximum atomic E-state index is 11.7. The molecule has 6 heteroatoms. The first-order valence-electron chi connectivity index (χ1n) is 6.27. The molecule has 2 N–H and O–H groups in total. The van der Waals surface area contributed by atoms with Crippen LogP contribution in [0, 0.1) is 0 Å². The highest BCUT2D eigenvalue weighted by Crippen LogP contribution is 2.14. The zero-order valence-electron chi connectivity index (χ0n) is 10.9. The summed E-state index contributed by atoms with van der Waals surface area (Å²) in [5, 5.41) is 12.1. The lowest BCUT2D eigenvalue weighted by atomic mass is 10.2. The van der Waals surface area contributed by atoms with Crippen molar-refractivity contribution in [2.45, 2.75) is 6.54 Å². The van der Waals surface area contributed by atoms with Crippen LogP contribution in [0.15, 0.2) is 36.5 Å². The largest absolute Gasteiger partial charge is 0.480 e. The molecule has 6 nitrogen and oxygen atoms in total. The Labute approximate surface area is 116 Å². The van der Waals surface area contributed by atoms with Gasteiger partial charge < -0.3 is 19.7 Å². The predicted octanol–water partition coefficient (Wildman–Crippen LogP) is 0.859. The van der Waals surface area contributed by atoms with Crippen LogP contribution >= 0.6 is 0 Å². The highest BCUT2D eigenvalue weighted by atomic mass is 16.5. The van der Waals surface area contributed by atoms with Crippen molar-refractivity contribution in [3.05, 3.63) is 36.5 Å². The number of hydrogen-bond donors (Lipinski definition) is 2. The van der Waals surface area contributed by atoms with Crippen molar-refractivity contribution in [1.29, 1.82) is 0 Å². The minimum absolute atomic E-state index is 0.134. The molecule has 1 amide bonds. The third-order valence-corrected chi connectivity index (χ3v) is 2.79. The standard InChI is InChI=1S/C14H16N2O4/c17-13(15-6-8-20-10-14(18)19)9-16-7-5-11-3-1-2-4-12(11)16/h1-5,7H,6,8-10H2,(H,15,17)(H,18,19). The minimum atomic E-state index is -1.02. The third kappa shape index (κ3) is 3.83. The van der Waals surface area contributed by atoms with Crippen molar-refractivity contribution >= 4 is 22.8 Å². The van der Waals surface area contributed by atoms with E-state index >= 15 is 0 Å². The van der Waals surface area contributed by atoms with E-state index in [-0.39, 0.29) is 25.7 Å². The van der Waals surface area contributed by atoms with Crippen molar-refractivity contribution in [1.82, 2.24) is 9.88 Å². The van der Waals surface area contributed by atoms with Crippen LogP contribution in [0.5, 0.6) is 0 Å². The molecule has 0 atom stereocenters. The summed E-state index contributed by atoms with van der Waals surface area (Å²) in [6.07, 6.45) is 1.87. The zero-order valence-corrected chi connectivity index (χ0v) is 10.9. The van der Waals surface area contributed by atoms with Gasteiger partial charge in [0.1, 0.15) is 13.2 Å². The maximum Gasteiger partial charge on any atom is 0.329 e. The molecule has 0 saturated heterocycles. The van der Waals surface area contributed by atoms with E-state index in [1.807, 2.05) is 41.1 Å². The summed E-state index contributed by atoms with van der Waals surface area (Å²) in [5.74, 6) is -1.15. The van der Waals surface area contributed by atoms with Crippen molar-refractivity contribution in [3.8, 4) is 0 Å². The first-order valence-corrected chi connectivity index (χ1v) is 6.27. The van der Waals surface area contributed by atoms with E-state index < -0.39 is 5.97 Å². The van der Waals surface area contributed by atoms with Gasteiger partial charge in [-0.05, 0) is 17.5 Å². The smallest absolute Gasteiger partial charge is 0.329 e. The second-order valence-electron chi connectivity index (χ2n) is 4.30. The Hall–Kier alpha value is -2.34. The Morgan fingerprint density at radius 3 is 2.85 bits per heavy atom. The molecule has 0 unspecified atom stereocenters. The van der Waals surface area contributed by atoms with Crippen molar-refractivity contribution < 1.29 is 19.4 Å². The topological polar surface area (TPSA) is 80.6 Å². The van der Waals surface area contributed by atoms with E-state index in [9.17, 15) is 9.59 Å². The molecule has 106 valence electrons. The molecule has 0 aliphatic rings. The number of carbonyl (C=O) groups excluding carboxylic acids is 1. The summed E-state index contributed by atoms with van der Waals surface area (Å²) in [6.45, 7) is 0.361. The lowest BCUT2D eigenvalue weighted by molar-refractivity contribution is -0.142. The molecule has 0 bridgehead atoms. The van der Waals surface area contributed by atoms with Gasteiger partial charge >= 0.3 is 5.97 Å². The molecule has 0 fully saturated rings. The van der Waals surface area contributed by atoms with E-state index in [1.165, 1.54) is 0 Å². The third-order valence-electron chi connectivity index (χ3n) is 2.79. The van der Waals surface area contributed by atoms with E-state index in [0.29, 0.717) is 6.54 Å². The van der Waals surface area contributed by atoms with Gasteiger partial charge in [0.25, 0.3) is 0 Å². The normalized spacial score (nSPS) is 10.6. The fourth-order valence-corrected chi connectivity index (χ4v) is 1.91. The Bertz CT molecular complexity index is 606. The molecule has 20 heavy (non-hydrogen) atoms. The van der Waals surface area contributed by atoms with Crippen LogP contribution in [0.1, 0.15) is 0 Å². The lowest BCUT2D eigenvalue weighted by Gasteiger charge is -2.07. The van der Waals surface area contributed by atoms with Gasteiger partial charge in [-0.1, -0.05) is 18.2 Å². The first-order chi connectivity index (χ1) is 9.66. The van der Waals surface area contributed by atoms with Gasteiger partial charge in [-0.25, -0.2) is 4.79 Å². The lowest BCUT2D eigenvalue weighted by Crippen LogP contribution is -2.30. The number of ether oxygens (including phenoxy) is 1. The summed E-state index contributed by atoms with van der Waals surface area (Å²) in [4.78, 5) is 22.0. The minimum Gasteiger partial charge on any atom is -0.480 e. The van der Waals surface area contributed by atoms with Crippen molar-refractivity contribution in [2.24, 2.45) is 0 Å². The van der Waals surface area contributed by atoms with Crippen LogP contribution in [-0.4, -0.2) is 41.3 Å². The van der Waals surface area contributed by atoms with E-state index in [2.05, 4.69) is 5.32 Å². The molecule has 2 aromatic rings. The number of benzene rings is 1. The second kappa shape index (κ2) is 6.72. The summed E-state index contributed by atoms with van der Waals surface area (Å²) in [7, 11) is 0. The number of para-hydroxylation sites is 1. The Morgan fingerprint density at radius 1 is 1.25 bits per heavy atom.